The first-order chi connectivity index (χ1) is 5.49. The monoisotopic (exact) mass is 170 g/mol. The van der Waals surface area contributed by atoms with Crippen molar-refractivity contribution in [1.29, 1.82) is 0 Å². The molecule has 0 amide bonds. The van der Waals surface area contributed by atoms with Crippen LogP contribution in [0, 0.1) is 24.2 Å². The Morgan fingerprint density at radius 3 is 2.08 bits per heavy atom. The first-order valence-corrected chi connectivity index (χ1v) is 4.31. The fourth-order valence-corrected chi connectivity index (χ4v) is 1.06. The molecule has 0 rings (SSSR count). The summed E-state index contributed by atoms with van der Waals surface area (Å²) in [7, 11) is 0. The highest BCUT2D eigenvalue weighted by atomic mass is 16.3. The summed E-state index contributed by atoms with van der Waals surface area (Å²) in [6.45, 7) is 5.81. The first-order valence-electron chi connectivity index (χ1n) is 4.31. The molecule has 0 fully saturated rings. The molecule has 0 spiro atoms. The van der Waals surface area contributed by atoms with Gasteiger partial charge in [0.15, 0.2) is 0 Å². The van der Waals surface area contributed by atoms with Crippen molar-refractivity contribution in [3.63, 3.8) is 0 Å². The molecule has 0 saturated heterocycles. The summed E-state index contributed by atoms with van der Waals surface area (Å²) in [6, 6.07) is 0. The van der Waals surface area contributed by atoms with Crippen LogP contribution in [-0.4, -0.2) is 22.4 Å². The van der Waals surface area contributed by atoms with Crippen molar-refractivity contribution >= 4 is 0 Å². The van der Waals surface area contributed by atoms with E-state index in [9.17, 15) is 10.2 Å². The van der Waals surface area contributed by atoms with Crippen LogP contribution in [0.1, 0.15) is 27.2 Å². The van der Waals surface area contributed by atoms with E-state index in [0.29, 0.717) is 12.3 Å². The molecule has 2 N–H and O–H groups in total. The van der Waals surface area contributed by atoms with Crippen LogP contribution >= 0.6 is 0 Å². The van der Waals surface area contributed by atoms with E-state index in [4.69, 9.17) is 6.42 Å². The Kier molecular flexibility index (Phi) is 4.96. The molecule has 0 aromatic heterocycles. The number of hydrogen-bond donors (Lipinski definition) is 2. The van der Waals surface area contributed by atoms with E-state index < -0.39 is 12.2 Å². The van der Waals surface area contributed by atoms with Crippen LogP contribution in [0.25, 0.3) is 0 Å². The van der Waals surface area contributed by atoms with Gasteiger partial charge in [-0.3, -0.25) is 0 Å². The quantitative estimate of drug-likeness (QED) is 0.618. The molecule has 0 bridgehead atoms. The third kappa shape index (κ3) is 3.75. The van der Waals surface area contributed by atoms with Crippen LogP contribution in [0.15, 0.2) is 0 Å². The fraction of sp³-hybridized carbons (Fsp3) is 0.800. The second kappa shape index (κ2) is 5.18. The minimum Gasteiger partial charge on any atom is -0.393 e. The maximum Gasteiger partial charge on any atom is 0.119 e. The Morgan fingerprint density at radius 2 is 1.75 bits per heavy atom. The van der Waals surface area contributed by atoms with Crippen molar-refractivity contribution < 1.29 is 10.2 Å². The van der Waals surface area contributed by atoms with Gasteiger partial charge in [0.2, 0.25) is 0 Å². The summed E-state index contributed by atoms with van der Waals surface area (Å²) in [5.74, 6) is 2.40. The minimum absolute atomic E-state index is 0.239. The molecular weight excluding hydrogens is 152 g/mol. The minimum atomic E-state index is -0.834. The Bertz CT molecular complexity index is 158. The van der Waals surface area contributed by atoms with E-state index in [1.165, 1.54) is 0 Å². The Labute approximate surface area is 74.6 Å². The van der Waals surface area contributed by atoms with Gasteiger partial charge in [-0.1, -0.05) is 26.7 Å². The van der Waals surface area contributed by atoms with Crippen molar-refractivity contribution in [2.24, 2.45) is 11.8 Å². The van der Waals surface area contributed by atoms with Crippen LogP contribution < -0.4 is 0 Å². The summed E-state index contributed by atoms with van der Waals surface area (Å²) in [5, 5.41) is 18.7. The number of aliphatic hydroxyl groups is 2. The van der Waals surface area contributed by atoms with Crippen LogP contribution in [0.3, 0.4) is 0 Å². The first kappa shape index (κ1) is 11.5. The van der Waals surface area contributed by atoms with E-state index in [1.807, 2.05) is 13.8 Å². The second-order valence-corrected chi connectivity index (χ2v) is 3.67. The van der Waals surface area contributed by atoms with Crippen LogP contribution in [0.4, 0.5) is 0 Å². The molecule has 0 aliphatic heterocycles. The van der Waals surface area contributed by atoms with Crippen LogP contribution in [0.2, 0.25) is 0 Å². The van der Waals surface area contributed by atoms with Crippen molar-refractivity contribution in [3.8, 4) is 12.3 Å². The lowest BCUT2D eigenvalue weighted by atomic mass is 9.92. The molecule has 0 aromatic carbocycles. The zero-order valence-corrected chi connectivity index (χ0v) is 7.99. The van der Waals surface area contributed by atoms with Crippen molar-refractivity contribution in [3.05, 3.63) is 0 Å². The maximum absolute atomic E-state index is 9.53. The molecule has 0 aliphatic rings. The van der Waals surface area contributed by atoms with Gasteiger partial charge in [0.25, 0.3) is 0 Å². The Hall–Kier alpha value is -0.520. The molecule has 12 heavy (non-hydrogen) atoms. The number of terminal acetylenes is 1. The predicted molar refractivity (Wildman–Crippen MR) is 49.5 cm³/mol. The van der Waals surface area contributed by atoms with Crippen molar-refractivity contribution in [2.45, 2.75) is 39.4 Å². The molecule has 2 heteroatoms. The lowest BCUT2D eigenvalue weighted by molar-refractivity contribution is 0.0365. The highest BCUT2D eigenvalue weighted by Crippen LogP contribution is 2.15. The summed E-state index contributed by atoms with van der Waals surface area (Å²) in [4.78, 5) is 0. The lowest BCUT2D eigenvalue weighted by Gasteiger charge is -2.21. The van der Waals surface area contributed by atoms with Gasteiger partial charge in [-0.15, -0.1) is 6.42 Å². The second-order valence-electron chi connectivity index (χ2n) is 3.67. The molecule has 2 nitrogen and oxygen atoms in total. The van der Waals surface area contributed by atoms with Crippen molar-refractivity contribution in [1.82, 2.24) is 0 Å². The highest BCUT2D eigenvalue weighted by molar-refractivity contribution is 4.97. The maximum atomic E-state index is 9.53. The number of aliphatic hydroxyl groups excluding tert-OH is 2. The predicted octanol–water partition coefficient (Wildman–Crippen LogP) is 1.02. The zero-order chi connectivity index (χ0) is 9.72. The van der Waals surface area contributed by atoms with E-state index in [1.54, 1.807) is 6.92 Å². The molecule has 70 valence electrons. The van der Waals surface area contributed by atoms with Gasteiger partial charge in [-0.2, -0.15) is 0 Å². The van der Waals surface area contributed by atoms with Gasteiger partial charge in [0.1, 0.15) is 6.10 Å². The topological polar surface area (TPSA) is 40.5 Å². The van der Waals surface area contributed by atoms with Crippen LogP contribution in [0.5, 0.6) is 0 Å². The average Bonchev–Trinajstić information content (AvgIpc) is 2.00. The van der Waals surface area contributed by atoms with Gasteiger partial charge < -0.3 is 10.2 Å². The molecule has 0 heterocycles. The Morgan fingerprint density at radius 1 is 1.25 bits per heavy atom. The Balaban J connectivity index is 3.93. The number of hydrogen-bond acceptors (Lipinski definition) is 2. The van der Waals surface area contributed by atoms with E-state index in [2.05, 4.69) is 5.92 Å². The molecule has 0 radical (unpaired) electrons. The number of rotatable bonds is 4. The molecular formula is C10H18O2. The van der Waals surface area contributed by atoms with Gasteiger partial charge in [0.05, 0.1) is 6.10 Å². The highest BCUT2D eigenvalue weighted by Gasteiger charge is 2.21. The SMILES string of the molecule is C#C[C@H](O)[C@@H](C)[C@H](O)CC(C)C. The largest absolute Gasteiger partial charge is 0.393 e. The summed E-state index contributed by atoms with van der Waals surface area (Å²) in [6.07, 6.45) is 4.37. The standard InChI is InChI=1S/C10H18O2/c1-5-9(11)8(4)10(12)6-7(2)3/h1,7-12H,6H2,2-4H3/t8-,9+,10-/m1/s1. The average molecular weight is 170 g/mol. The van der Waals surface area contributed by atoms with E-state index >= 15 is 0 Å². The summed E-state index contributed by atoms with van der Waals surface area (Å²) >= 11 is 0. The summed E-state index contributed by atoms with van der Waals surface area (Å²) in [5.41, 5.74) is 0. The van der Waals surface area contributed by atoms with E-state index in [-0.39, 0.29) is 5.92 Å². The fourth-order valence-electron chi connectivity index (χ4n) is 1.06. The van der Waals surface area contributed by atoms with Gasteiger partial charge in [-0.05, 0) is 12.3 Å². The molecule has 0 saturated carbocycles. The third-order valence-electron chi connectivity index (χ3n) is 1.99. The molecule has 0 aliphatic carbocycles. The zero-order valence-electron chi connectivity index (χ0n) is 7.99. The normalized spacial score (nSPS) is 18.4. The third-order valence-corrected chi connectivity index (χ3v) is 1.99. The summed E-state index contributed by atoms with van der Waals surface area (Å²) < 4.78 is 0. The van der Waals surface area contributed by atoms with E-state index in [0.717, 1.165) is 0 Å². The van der Waals surface area contributed by atoms with Gasteiger partial charge in [-0.25, -0.2) is 0 Å². The smallest absolute Gasteiger partial charge is 0.119 e. The van der Waals surface area contributed by atoms with Crippen molar-refractivity contribution in [2.75, 3.05) is 0 Å². The van der Waals surface area contributed by atoms with Gasteiger partial charge in [0, 0.05) is 5.92 Å². The van der Waals surface area contributed by atoms with Crippen LogP contribution in [-0.2, 0) is 0 Å². The molecule has 3 atom stereocenters. The molecule has 0 aromatic rings. The van der Waals surface area contributed by atoms with Gasteiger partial charge >= 0.3 is 0 Å². The lowest BCUT2D eigenvalue weighted by Crippen LogP contribution is -2.29. The molecule has 0 unspecified atom stereocenters.